The van der Waals surface area contributed by atoms with E-state index in [1.165, 1.54) is 24.3 Å². The summed E-state index contributed by atoms with van der Waals surface area (Å²) in [5.41, 5.74) is -1.36. The van der Waals surface area contributed by atoms with Crippen LogP contribution in [0, 0.1) is 5.82 Å². The molecule has 2 amide bonds. The minimum Gasteiger partial charge on any atom is -0.330 e. The number of anilines is 1. The van der Waals surface area contributed by atoms with Gasteiger partial charge < -0.3 is 10.2 Å². The second-order valence-corrected chi connectivity index (χ2v) is 6.48. The first-order valence-corrected chi connectivity index (χ1v) is 8.62. The number of nitrogens with zero attached hydrogens (tertiary/aromatic N) is 1. The average molecular weight is 447 g/mol. The van der Waals surface area contributed by atoms with Gasteiger partial charge in [0.15, 0.2) is 0 Å². The normalized spacial score (nSPS) is 11.2. The highest BCUT2D eigenvalue weighted by molar-refractivity contribution is 9.10. The Labute approximate surface area is 161 Å². The Hall–Kier alpha value is -2.42. The molecule has 4 nitrogen and oxygen atoms in total. The highest BCUT2D eigenvalue weighted by atomic mass is 79.9. The number of halogens is 5. The molecule has 0 radical (unpaired) electrons. The summed E-state index contributed by atoms with van der Waals surface area (Å²) in [5.74, 6) is -2.04. The van der Waals surface area contributed by atoms with Crippen molar-refractivity contribution in [2.75, 3.05) is 18.4 Å². The third kappa shape index (κ3) is 5.53. The van der Waals surface area contributed by atoms with Crippen LogP contribution in [0.3, 0.4) is 0 Å². The number of hydrogen-bond donors (Lipinski definition) is 1. The van der Waals surface area contributed by atoms with Crippen LogP contribution in [0.4, 0.5) is 23.2 Å². The molecule has 9 heteroatoms. The van der Waals surface area contributed by atoms with Crippen molar-refractivity contribution >= 4 is 33.4 Å². The van der Waals surface area contributed by atoms with Gasteiger partial charge in [0, 0.05) is 16.6 Å². The fraction of sp³-hybridized carbons (Fsp3) is 0.222. The number of hydrogen-bond acceptors (Lipinski definition) is 2. The lowest BCUT2D eigenvalue weighted by atomic mass is 10.1. The van der Waals surface area contributed by atoms with Gasteiger partial charge in [-0.15, -0.1) is 0 Å². The molecule has 0 heterocycles. The van der Waals surface area contributed by atoms with Crippen molar-refractivity contribution in [3.8, 4) is 0 Å². The molecular weight excluding hydrogens is 432 g/mol. The van der Waals surface area contributed by atoms with Crippen LogP contribution in [0.15, 0.2) is 46.9 Å². The van der Waals surface area contributed by atoms with Crippen LogP contribution in [-0.2, 0) is 11.0 Å². The molecule has 2 aromatic carbocycles. The van der Waals surface area contributed by atoms with E-state index >= 15 is 0 Å². The molecule has 0 aromatic heterocycles. The molecule has 0 fully saturated rings. The number of para-hydroxylation sites is 1. The SMILES string of the molecule is CCN(CC(=O)Nc1ccccc1C(F)(F)F)C(=O)c1cc(F)cc(Br)c1. The van der Waals surface area contributed by atoms with Crippen molar-refractivity contribution < 1.29 is 27.2 Å². The van der Waals surface area contributed by atoms with Crippen LogP contribution in [0.5, 0.6) is 0 Å². The lowest BCUT2D eigenvalue weighted by molar-refractivity contribution is -0.137. The van der Waals surface area contributed by atoms with Crippen molar-refractivity contribution in [3.05, 3.63) is 63.9 Å². The zero-order valence-electron chi connectivity index (χ0n) is 14.1. The van der Waals surface area contributed by atoms with Gasteiger partial charge in [0.25, 0.3) is 5.91 Å². The maximum Gasteiger partial charge on any atom is 0.418 e. The van der Waals surface area contributed by atoms with Gasteiger partial charge >= 0.3 is 6.18 Å². The molecule has 0 spiro atoms. The highest BCUT2D eigenvalue weighted by Gasteiger charge is 2.33. The van der Waals surface area contributed by atoms with Crippen molar-refractivity contribution in [1.29, 1.82) is 0 Å². The van der Waals surface area contributed by atoms with Gasteiger partial charge in [-0.3, -0.25) is 9.59 Å². The summed E-state index contributed by atoms with van der Waals surface area (Å²) < 4.78 is 52.8. The molecule has 0 saturated heterocycles. The molecule has 0 aliphatic rings. The number of benzene rings is 2. The smallest absolute Gasteiger partial charge is 0.330 e. The van der Waals surface area contributed by atoms with E-state index in [0.717, 1.165) is 23.1 Å². The van der Waals surface area contributed by atoms with E-state index in [1.54, 1.807) is 6.92 Å². The monoisotopic (exact) mass is 446 g/mol. The molecular formula is C18H15BrF4N2O2. The van der Waals surface area contributed by atoms with E-state index in [-0.39, 0.29) is 12.1 Å². The third-order valence-corrected chi connectivity index (χ3v) is 4.08. The summed E-state index contributed by atoms with van der Waals surface area (Å²) in [6.07, 6.45) is -4.63. The summed E-state index contributed by atoms with van der Waals surface area (Å²) in [5, 5.41) is 2.17. The second-order valence-electron chi connectivity index (χ2n) is 5.57. The number of amides is 2. The Balaban J connectivity index is 2.15. The number of carbonyl (C=O) groups excluding carboxylic acids is 2. The molecule has 1 N–H and O–H groups in total. The first-order valence-electron chi connectivity index (χ1n) is 7.83. The van der Waals surface area contributed by atoms with Crippen molar-refractivity contribution in [2.45, 2.75) is 13.1 Å². The molecule has 27 heavy (non-hydrogen) atoms. The van der Waals surface area contributed by atoms with Crippen LogP contribution in [0.1, 0.15) is 22.8 Å². The molecule has 2 aromatic rings. The number of alkyl halides is 3. The topological polar surface area (TPSA) is 49.4 Å². The average Bonchev–Trinajstić information content (AvgIpc) is 2.57. The van der Waals surface area contributed by atoms with Crippen LogP contribution in [0.25, 0.3) is 0 Å². The van der Waals surface area contributed by atoms with Gasteiger partial charge in [-0.2, -0.15) is 13.2 Å². The maximum absolute atomic E-state index is 13.5. The Kier molecular flexibility index (Phi) is 6.59. The van der Waals surface area contributed by atoms with E-state index in [1.807, 2.05) is 0 Å². The lowest BCUT2D eigenvalue weighted by Gasteiger charge is -2.21. The summed E-state index contributed by atoms with van der Waals surface area (Å²) in [4.78, 5) is 25.8. The molecule has 0 unspecified atom stereocenters. The Morgan fingerprint density at radius 3 is 2.41 bits per heavy atom. The number of nitrogens with one attached hydrogen (secondary N) is 1. The molecule has 0 aliphatic heterocycles. The first kappa shape index (κ1) is 20.9. The Morgan fingerprint density at radius 1 is 1.15 bits per heavy atom. The number of carbonyl (C=O) groups is 2. The van der Waals surface area contributed by atoms with Crippen LogP contribution in [-0.4, -0.2) is 29.8 Å². The van der Waals surface area contributed by atoms with Gasteiger partial charge in [-0.05, 0) is 37.3 Å². The fourth-order valence-electron chi connectivity index (χ4n) is 2.39. The summed E-state index contributed by atoms with van der Waals surface area (Å²) in [6.45, 7) is 1.24. The Morgan fingerprint density at radius 2 is 1.81 bits per heavy atom. The highest BCUT2D eigenvalue weighted by Crippen LogP contribution is 2.34. The minimum atomic E-state index is -4.63. The number of rotatable bonds is 5. The van der Waals surface area contributed by atoms with Gasteiger partial charge in [-0.1, -0.05) is 28.1 Å². The molecule has 0 saturated carbocycles. The summed E-state index contributed by atoms with van der Waals surface area (Å²) in [6, 6.07) is 8.14. The summed E-state index contributed by atoms with van der Waals surface area (Å²) >= 11 is 3.08. The largest absolute Gasteiger partial charge is 0.418 e. The van der Waals surface area contributed by atoms with E-state index in [0.29, 0.717) is 4.47 Å². The zero-order chi connectivity index (χ0) is 20.2. The molecule has 2 rings (SSSR count). The second kappa shape index (κ2) is 8.51. The predicted octanol–water partition coefficient (Wildman–Crippen LogP) is 4.71. The van der Waals surface area contributed by atoms with Crippen LogP contribution in [0.2, 0.25) is 0 Å². The third-order valence-electron chi connectivity index (χ3n) is 3.62. The molecule has 0 aliphatic carbocycles. The van der Waals surface area contributed by atoms with Crippen molar-refractivity contribution in [1.82, 2.24) is 4.90 Å². The first-order chi connectivity index (χ1) is 12.6. The van der Waals surface area contributed by atoms with E-state index < -0.39 is 41.6 Å². The van der Waals surface area contributed by atoms with Crippen molar-refractivity contribution in [3.63, 3.8) is 0 Å². The quantitative estimate of drug-likeness (QED) is 0.676. The van der Waals surface area contributed by atoms with E-state index in [9.17, 15) is 27.2 Å². The van der Waals surface area contributed by atoms with Crippen molar-refractivity contribution in [2.24, 2.45) is 0 Å². The van der Waals surface area contributed by atoms with Gasteiger partial charge in [-0.25, -0.2) is 4.39 Å². The van der Waals surface area contributed by atoms with E-state index in [4.69, 9.17) is 0 Å². The summed E-state index contributed by atoms with van der Waals surface area (Å²) in [7, 11) is 0. The fourth-order valence-corrected chi connectivity index (χ4v) is 2.85. The number of likely N-dealkylation sites (N-methyl/N-ethyl adjacent to an activating group) is 1. The Bertz CT molecular complexity index is 835. The van der Waals surface area contributed by atoms with Gasteiger partial charge in [0.2, 0.25) is 5.91 Å². The molecule has 0 bridgehead atoms. The molecule has 144 valence electrons. The predicted molar refractivity (Wildman–Crippen MR) is 95.8 cm³/mol. The van der Waals surface area contributed by atoms with Crippen LogP contribution < -0.4 is 5.32 Å². The van der Waals surface area contributed by atoms with Crippen LogP contribution >= 0.6 is 15.9 Å². The zero-order valence-corrected chi connectivity index (χ0v) is 15.7. The van der Waals surface area contributed by atoms with E-state index in [2.05, 4.69) is 21.2 Å². The van der Waals surface area contributed by atoms with Gasteiger partial charge in [0.05, 0.1) is 11.3 Å². The standard InChI is InChI=1S/C18H15BrF4N2O2/c1-2-25(17(27)11-7-12(19)9-13(20)8-11)10-16(26)24-15-6-4-3-5-14(15)18(21,22)23/h3-9H,2,10H2,1H3,(H,24,26). The maximum atomic E-state index is 13.5. The lowest BCUT2D eigenvalue weighted by Crippen LogP contribution is -2.38. The minimum absolute atomic E-state index is 0.0206. The van der Waals surface area contributed by atoms with Gasteiger partial charge in [0.1, 0.15) is 12.4 Å². The molecule has 0 atom stereocenters.